The highest BCUT2D eigenvalue weighted by Gasteiger charge is 2.04. The van der Waals surface area contributed by atoms with Crippen LogP contribution in [0.15, 0.2) is 42.5 Å². The highest BCUT2D eigenvalue weighted by atomic mass is 35.5. The Morgan fingerprint density at radius 3 is 2.15 bits per heavy atom. The number of hydrogen-bond acceptors (Lipinski definition) is 2. The van der Waals surface area contributed by atoms with Crippen molar-refractivity contribution in [2.24, 2.45) is 0 Å². The third kappa shape index (κ3) is 4.54. The largest absolute Gasteiger partial charge is 0.435 e. The van der Waals surface area contributed by atoms with E-state index in [4.69, 9.17) is 23.2 Å². The van der Waals surface area contributed by atoms with Gasteiger partial charge >= 0.3 is 6.61 Å². The molecule has 0 aliphatic carbocycles. The van der Waals surface area contributed by atoms with Crippen LogP contribution in [0.5, 0.6) is 5.75 Å². The number of ether oxygens (including phenoxy) is 1. The van der Waals surface area contributed by atoms with Gasteiger partial charge in [-0.3, -0.25) is 0 Å². The van der Waals surface area contributed by atoms with Gasteiger partial charge in [0.1, 0.15) is 5.75 Å². The molecule has 0 heterocycles. The Bertz CT molecular complexity index is 556. The summed E-state index contributed by atoms with van der Waals surface area (Å²) in [5.74, 6) is 0.122. The molecule has 2 rings (SSSR count). The van der Waals surface area contributed by atoms with Crippen LogP contribution in [0, 0.1) is 0 Å². The standard InChI is InChI=1S/C14H11Cl2F2NO/c15-10-5-9(6-11(16)7-10)8-19-12-1-3-13(4-2-12)20-14(17)18/h1-7,14,19H,8H2. The van der Waals surface area contributed by atoms with Gasteiger partial charge in [0.2, 0.25) is 0 Å². The molecule has 106 valence electrons. The molecule has 0 atom stereocenters. The van der Waals surface area contributed by atoms with Crippen LogP contribution in [0.1, 0.15) is 5.56 Å². The van der Waals surface area contributed by atoms with Gasteiger partial charge in [-0.2, -0.15) is 8.78 Å². The predicted octanol–water partition coefficient (Wildman–Crippen LogP) is 5.21. The normalized spacial score (nSPS) is 10.7. The monoisotopic (exact) mass is 317 g/mol. The first-order valence-corrected chi connectivity index (χ1v) is 6.52. The third-order valence-electron chi connectivity index (χ3n) is 2.50. The number of rotatable bonds is 5. The minimum atomic E-state index is -2.82. The summed E-state index contributed by atoms with van der Waals surface area (Å²) in [6.45, 7) is -2.29. The van der Waals surface area contributed by atoms with Crippen molar-refractivity contribution in [3.8, 4) is 5.75 Å². The van der Waals surface area contributed by atoms with Gasteiger partial charge in [-0.25, -0.2) is 0 Å². The highest BCUT2D eigenvalue weighted by Crippen LogP contribution is 2.21. The van der Waals surface area contributed by atoms with Crippen LogP contribution in [0.2, 0.25) is 10.0 Å². The molecule has 0 aliphatic heterocycles. The molecule has 0 saturated carbocycles. The zero-order valence-electron chi connectivity index (χ0n) is 10.2. The molecule has 0 amide bonds. The van der Waals surface area contributed by atoms with Crippen LogP contribution >= 0.6 is 23.2 Å². The lowest BCUT2D eigenvalue weighted by Gasteiger charge is -2.09. The minimum Gasteiger partial charge on any atom is -0.435 e. The second-order valence-corrected chi connectivity index (χ2v) is 4.91. The van der Waals surface area contributed by atoms with Gasteiger partial charge in [0.05, 0.1) is 0 Å². The number of hydrogen-bond donors (Lipinski definition) is 1. The first kappa shape index (κ1) is 14.9. The third-order valence-corrected chi connectivity index (χ3v) is 2.93. The fraction of sp³-hybridized carbons (Fsp3) is 0.143. The van der Waals surface area contributed by atoms with E-state index in [1.54, 1.807) is 30.3 Å². The van der Waals surface area contributed by atoms with Crippen LogP contribution in [0.3, 0.4) is 0 Å². The average Bonchev–Trinajstić information content (AvgIpc) is 2.36. The fourth-order valence-electron chi connectivity index (χ4n) is 1.67. The molecule has 0 fully saturated rings. The second kappa shape index (κ2) is 6.77. The molecule has 0 spiro atoms. The summed E-state index contributed by atoms with van der Waals surface area (Å²) in [5, 5.41) is 4.27. The smallest absolute Gasteiger partial charge is 0.387 e. The summed E-state index contributed by atoms with van der Waals surface area (Å²) in [5.41, 5.74) is 1.71. The van der Waals surface area contributed by atoms with Crippen LogP contribution < -0.4 is 10.1 Å². The first-order valence-electron chi connectivity index (χ1n) is 5.76. The SMILES string of the molecule is FC(F)Oc1ccc(NCc2cc(Cl)cc(Cl)c2)cc1. The van der Waals surface area contributed by atoms with Crippen LogP contribution in [0.25, 0.3) is 0 Å². The van der Waals surface area contributed by atoms with E-state index < -0.39 is 6.61 Å². The molecule has 2 aromatic rings. The molecule has 6 heteroatoms. The zero-order chi connectivity index (χ0) is 14.5. The lowest BCUT2D eigenvalue weighted by molar-refractivity contribution is -0.0498. The molecule has 2 aromatic carbocycles. The Morgan fingerprint density at radius 1 is 1.00 bits per heavy atom. The second-order valence-electron chi connectivity index (χ2n) is 4.03. The first-order chi connectivity index (χ1) is 9.52. The van der Waals surface area contributed by atoms with E-state index in [0.717, 1.165) is 11.3 Å². The van der Waals surface area contributed by atoms with E-state index in [1.807, 2.05) is 0 Å². The molecule has 1 N–H and O–H groups in total. The molecule has 20 heavy (non-hydrogen) atoms. The van der Waals surface area contributed by atoms with E-state index in [0.29, 0.717) is 16.6 Å². The van der Waals surface area contributed by atoms with Gasteiger partial charge in [-0.15, -0.1) is 0 Å². The molecular formula is C14H11Cl2F2NO. The van der Waals surface area contributed by atoms with Gasteiger partial charge in [0, 0.05) is 22.3 Å². The van der Waals surface area contributed by atoms with Crippen molar-refractivity contribution in [2.45, 2.75) is 13.2 Å². The summed E-state index contributed by atoms with van der Waals surface area (Å²) in [7, 11) is 0. The summed E-state index contributed by atoms with van der Waals surface area (Å²) >= 11 is 11.8. The van der Waals surface area contributed by atoms with E-state index in [2.05, 4.69) is 10.1 Å². The van der Waals surface area contributed by atoms with Crippen molar-refractivity contribution in [3.05, 3.63) is 58.1 Å². The Labute approximate surface area is 125 Å². The summed E-state index contributed by atoms with van der Waals surface area (Å²) in [6, 6.07) is 11.5. The van der Waals surface area contributed by atoms with Crippen LogP contribution in [0.4, 0.5) is 14.5 Å². The van der Waals surface area contributed by atoms with Gasteiger partial charge in [0.25, 0.3) is 0 Å². The van der Waals surface area contributed by atoms with Crippen molar-refractivity contribution in [2.75, 3.05) is 5.32 Å². The topological polar surface area (TPSA) is 21.3 Å². The summed E-state index contributed by atoms with van der Waals surface area (Å²) in [6.07, 6.45) is 0. The molecule has 0 saturated heterocycles. The maximum absolute atomic E-state index is 12.0. The zero-order valence-corrected chi connectivity index (χ0v) is 11.8. The van der Waals surface area contributed by atoms with E-state index in [9.17, 15) is 8.78 Å². The van der Waals surface area contributed by atoms with Crippen LogP contribution in [-0.4, -0.2) is 6.61 Å². The van der Waals surface area contributed by atoms with Crippen molar-refractivity contribution in [3.63, 3.8) is 0 Å². The number of anilines is 1. The molecule has 0 aromatic heterocycles. The number of alkyl halides is 2. The number of benzene rings is 2. The van der Waals surface area contributed by atoms with Gasteiger partial charge in [0.15, 0.2) is 0 Å². The molecule has 0 bridgehead atoms. The van der Waals surface area contributed by atoms with Crippen molar-refractivity contribution in [1.29, 1.82) is 0 Å². The van der Waals surface area contributed by atoms with Gasteiger partial charge in [-0.1, -0.05) is 23.2 Å². The molecule has 0 unspecified atom stereocenters. The molecule has 0 aliphatic rings. The Kier molecular flexibility index (Phi) is 5.04. The Balaban J connectivity index is 1.96. The summed E-state index contributed by atoms with van der Waals surface area (Å²) in [4.78, 5) is 0. The van der Waals surface area contributed by atoms with E-state index in [-0.39, 0.29) is 5.75 Å². The quantitative estimate of drug-likeness (QED) is 0.817. The number of halogens is 4. The Morgan fingerprint density at radius 2 is 1.60 bits per heavy atom. The maximum atomic E-state index is 12.0. The van der Waals surface area contributed by atoms with Crippen molar-refractivity contribution in [1.82, 2.24) is 0 Å². The van der Waals surface area contributed by atoms with Crippen molar-refractivity contribution >= 4 is 28.9 Å². The fourth-order valence-corrected chi connectivity index (χ4v) is 2.24. The number of nitrogens with one attached hydrogen (secondary N) is 1. The van der Waals surface area contributed by atoms with E-state index >= 15 is 0 Å². The summed E-state index contributed by atoms with van der Waals surface area (Å²) < 4.78 is 28.3. The molecule has 2 nitrogen and oxygen atoms in total. The lowest BCUT2D eigenvalue weighted by atomic mass is 10.2. The van der Waals surface area contributed by atoms with Gasteiger partial charge in [-0.05, 0) is 48.0 Å². The minimum absolute atomic E-state index is 0.122. The molecular weight excluding hydrogens is 307 g/mol. The average molecular weight is 318 g/mol. The van der Waals surface area contributed by atoms with Crippen LogP contribution in [-0.2, 0) is 6.54 Å². The predicted molar refractivity (Wildman–Crippen MR) is 76.9 cm³/mol. The molecule has 0 radical (unpaired) electrons. The van der Waals surface area contributed by atoms with Gasteiger partial charge < -0.3 is 10.1 Å². The highest BCUT2D eigenvalue weighted by molar-refractivity contribution is 6.34. The maximum Gasteiger partial charge on any atom is 0.387 e. The Hall–Kier alpha value is -1.52. The van der Waals surface area contributed by atoms with Crippen molar-refractivity contribution < 1.29 is 13.5 Å². The lowest BCUT2D eigenvalue weighted by Crippen LogP contribution is -2.02. The van der Waals surface area contributed by atoms with E-state index in [1.165, 1.54) is 12.1 Å².